The highest BCUT2D eigenvalue weighted by molar-refractivity contribution is 5.91. The lowest BCUT2D eigenvalue weighted by atomic mass is 10.2. The molecule has 5 heterocycles. The number of anilines is 2. The van der Waals surface area contributed by atoms with E-state index in [1.54, 1.807) is 12.3 Å². The highest BCUT2D eigenvalue weighted by Gasteiger charge is 2.14. The summed E-state index contributed by atoms with van der Waals surface area (Å²) in [6, 6.07) is 11.2. The van der Waals surface area contributed by atoms with Crippen LogP contribution in [0.5, 0.6) is 0 Å². The first-order valence-corrected chi connectivity index (χ1v) is 8.36. The lowest BCUT2D eigenvalue weighted by Crippen LogP contribution is -2.03. The molecule has 0 radical (unpaired) electrons. The molecule has 0 bridgehead atoms. The summed E-state index contributed by atoms with van der Waals surface area (Å²) < 4.78 is 15.7. The van der Waals surface area contributed by atoms with Gasteiger partial charge in [-0.3, -0.25) is 4.98 Å². The molecule has 8 heteroatoms. The highest BCUT2D eigenvalue weighted by Crippen LogP contribution is 2.27. The van der Waals surface area contributed by atoms with Crippen LogP contribution in [0.2, 0.25) is 0 Å². The first kappa shape index (κ1) is 15.4. The normalized spacial score (nSPS) is 11.3. The van der Waals surface area contributed by atoms with Gasteiger partial charge in [0.2, 0.25) is 0 Å². The Morgan fingerprint density at radius 3 is 2.93 bits per heavy atom. The lowest BCUT2D eigenvalue weighted by Gasteiger charge is -2.11. The molecule has 0 spiro atoms. The first-order valence-electron chi connectivity index (χ1n) is 8.36. The molecule has 0 saturated heterocycles. The Balaban J connectivity index is 1.70. The van der Waals surface area contributed by atoms with Crippen LogP contribution in [0.15, 0.2) is 55.0 Å². The summed E-state index contributed by atoms with van der Waals surface area (Å²) in [6.07, 6.45) is 4.67. The van der Waals surface area contributed by atoms with Gasteiger partial charge < -0.3 is 10.3 Å². The van der Waals surface area contributed by atoms with Crippen molar-refractivity contribution in [2.75, 3.05) is 5.32 Å². The number of halogens is 1. The summed E-state index contributed by atoms with van der Waals surface area (Å²) in [5, 5.41) is 8.35. The molecule has 0 amide bonds. The van der Waals surface area contributed by atoms with Gasteiger partial charge in [-0.25, -0.2) is 14.4 Å². The zero-order valence-corrected chi connectivity index (χ0v) is 14.3. The molecule has 132 valence electrons. The SMILES string of the molecule is Cc1cccc(-c2cc(Nc3ccnc4[nH]ccc34)n3ncc(F)c3n2)n1. The molecule has 5 aromatic heterocycles. The Morgan fingerprint density at radius 1 is 1.11 bits per heavy atom. The van der Waals surface area contributed by atoms with E-state index >= 15 is 0 Å². The standard InChI is InChI=1S/C19H14FN7/c1-11-3-2-4-15(24-11)16-9-17(27-19(26-16)13(20)10-23-27)25-14-6-8-22-18-12(14)5-7-21-18/h2-10H,1H3,(H2,21,22,25). The average molecular weight is 359 g/mol. The molecule has 0 fully saturated rings. The maximum absolute atomic E-state index is 14.2. The van der Waals surface area contributed by atoms with Crippen LogP contribution in [0, 0.1) is 12.7 Å². The first-order chi connectivity index (χ1) is 13.2. The second-order valence-electron chi connectivity index (χ2n) is 6.14. The van der Waals surface area contributed by atoms with Gasteiger partial charge in [0.05, 0.1) is 23.3 Å². The van der Waals surface area contributed by atoms with Crippen molar-refractivity contribution in [1.82, 2.24) is 29.5 Å². The minimum absolute atomic E-state index is 0.137. The molecule has 0 atom stereocenters. The van der Waals surface area contributed by atoms with Crippen molar-refractivity contribution in [2.24, 2.45) is 0 Å². The fraction of sp³-hybridized carbons (Fsp3) is 0.0526. The van der Waals surface area contributed by atoms with Crippen LogP contribution >= 0.6 is 0 Å². The number of aromatic amines is 1. The predicted molar refractivity (Wildman–Crippen MR) is 100 cm³/mol. The van der Waals surface area contributed by atoms with Gasteiger partial charge in [0.25, 0.3) is 0 Å². The molecule has 5 rings (SSSR count). The zero-order chi connectivity index (χ0) is 18.4. The van der Waals surface area contributed by atoms with Gasteiger partial charge in [-0.15, -0.1) is 0 Å². The van der Waals surface area contributed by atoms with E-state index in [-0.39, 0.29) is 5.65 Å². The van der Waals surface area contributed by atoms with Gasteiger partial charge in [-0.2, -0.15) is 9.61 Å². The topological polar surface area (TPSA) is 83.8 Å². The molecule has 0 saturated carbocycles. The summed E-state index contributed by atoms with van der Waals surface area (Å²) in [6.45, 7) is 1.90. The number of hydrogen-bond acceptors (Lipinski definition) is 5. The van der Waals surface area contributed by atoms with Crippen molar-refractivity contribution in [3.8, 4) is 11.4 Å². The van der Waals surface area contributed by atoms with E-state index in [1.807, 2.05) is 43.5 Å². The Labute approximate surface area is 152 Å². The number of rotatable bonds is 3. The van der Waals surface area contributed by atoms with E-state index in [2.05, 4.69) is 30.4 Å². The predicted octanol–water partition coefficient (Wildman–Crippen LogP) is 3.86. The van der Waals surface area contributed by atoms with Gasteiger partial charge >= 0.3 is 0 Å². The third kappa shape index (κ3) is 2.58. The fourth-order valence-corrected chi connectivity index (χ4v) is 3.05. The number of nitrogens with zero attached hydrogens (tertiary/aromatic N) is 5. The lowest BCUT2D eigenvalue weighted by molar-refractivity contribution is 0.636. The second kappa shape index (κ2) is 5.87. The van der Waals surface area contributed by atoms with Crippen molar-refractivity contribution in [3.63, 3.8) is 0 Å². The molecule has 27 heavy (non-hydrogen) atoms. The summed E-state index contributed by atoms with van der Waals surface area (Å²) >= 11 is 0. The van der Waals surface area contributed by atoms with Gasteiger partial charge in [-0.1, -0.05) is 6.07 Å². The van der Waals surface area contributed by atoms with Crippen LogP contribution in [0.25, 0.3) is 28.1 Å². The summed E-state index contributed by atoms with van der Waals surface area (Å²) in [5.41, 5.74) is 3.82. The van der Waals surface area contributed by atoms with Crippen LogP contribution in [0.3, 0.4) is 0 Å². The van der Waals surface area contributed by atoms with Crippen molar-refractivity contribution in [1.29, 1.82) is 0 Å². The molecule has 0 unspecified atom stereocenters. The fourth-order valence-electron chi connectivity index (χ4n) is 3.05. The molecule has 0 aromatic carbocycles. The third-order valence-corrected chi connectivity index (χ3v) is 4.30. The molecule has 5 aromatic rings. The minimum Gasteiger partial charge on any atom is -0.346 e. The Bertz CT molecular complexity index is 1290. The number of hydrogen-bond donors (Lipinski definition) is 2. The smallest absolute Gasteiger partial charge is 0.194 e. The van der Waals surface area contributed by atoms with Crippen LogP contribution in [-0.2, 0) is 0 Å². The third-order valence-electron chi connectivity index (χ3n) is 4.30. The van der Waals surface area contributed by atoms with Crippen LogP contribution in [0.4, 0.5) is 15.9 Å². The molecular weight excluding hydrogens is 345 g/mol. The molecule has 0 aliphatic carbocycles. The number of nitrogens with one attached hydrogen (secondary N) is 2. The summed E-state index contributed by atoms with van der Waals surface area (Å²) in [4.78, 5) is 16.3. The van der Waals surface area contributed by atoms with Gasteiger partial charge in [0.15, 0.2) is 11.5 Å². The van der Waals surface area contributed by atoms with Crippen molar-refractivity contribution < 1.29 is 4.39 Å². The number of fused-ring (bicyclic) bond motifs is 2. The van der Waals surface area contributed by atoms with Crippen molar-refractivity contribution in [2.45, 2.75) is 6.92 Å². The van der Waals surface area contributed by atoms with Crippen molar-refractivity contribution >= 4 is 28.2 Å². The Kier molecular flexibility index (Phi) is 3.36. The highest BCUT2D eigenvalue weighted by atomic mass is 19.1. The van der Waals surface area contributed by atoms with E-state index in [0.717, 1.165) is 28.6 Å². The van der Waals surface area contributed by atoms with Crippen LogP contribution < -0.4 is 5.32 Å². The number of H-pyrrole nitrogens is 1. The Hall–Kier alpha value is -3.81. The largest absolute Gasteiger partial charge is 0.346 e. The van der Waals surface area contributed by atoms with Crippen LogP contribution in [0.1, 0.15) is 5.69 Å². The monoisotopic (exact) mass is 359 g/mol. The second-order valence-corrected chi connectivity index (χ2v) is 6.14. The van der Waals surface area contributed by atoms with E-state index < -0.39 is 5.82 Å². The number of aromatic nitrogens is 6. The zero-order valence-electron chi connectivity index (χ0n) is 14.3. The van der Waals surface area contributed by atoms with Gasteiger partial charge in [0.1, 0.15) is 11.5 Å². The number of aryl methyl sites for hydroxylation is 1. The van der Waals surface area contributed by atoms with E-state index in [4.69, 9.17) is 0 Å². The van der Waals surface area contributed by atoms with Crippen LogP contribution in [-0.4, -0.2) is 29.5 Å². The molecule has 0 aliphatic rings. The van der Waals surface area contributed by atoms with E-state index in [0.29, 0.717) is 17.2 Å². The average Bonchev–Trinajstić information content (AvgIpc) is 3.29. The van der Waals surface area contributed by atoms with Gasteiger partial charge in [0, 0.05) is 29.5 Å². The van der Waals surface area contributed by atoms with Crippen molar-refractivity contribution in [3.05, 3.63) is 66.5 Å². The summed E-state index contributed by atoms with van der Waals surface area (Å²) in [5.74, 6) is 0.0879. The molecule has 7 nitrogen and oxygen atoms in total. The molecular formula is C19H14FN7. The molecule has 0 aliphatic heterocycles. The minimum atomic E-state index is -0.492. The quantitative estimate of drug-likeness (QED) is 0.511. The maximum atomic E-state index is 14.2. The summed E-state index contributed by atoms with van der Waals surface area (Å²) in [7, 11) is 0. The number of pyridine rings is 2. The van der Waals surface area contributed by atoms with E-state index in [1.165, 1.54) is 4.52 Å². The molecule has 2 N–H and O–H groups in total. The maximum Gasteiger partial charge on any atom is 0.194 e. The Morgan fingerprint density at radius 2 is 2.04 bits per heavy atom. The van der Waals surface area contributed by atoms with E-state index in [9.17, 15) is 4.39 Å². The van der Waals surface area contributed by atoms with Gasteiger partial charge in [-0.05, 0) is 31.2 Å².